The molecule has 3 aromatic carbocycles. The Morgan fingerprint density at radius 2 is 1.62 bits per heavy atom. The second-order valence-corrected chi connectivity index (χ2v) is 9.52. The van der Waals surface area contributed by atoms with E-state index < -0.39 is 41.2 Å². The lowest BCUT2D eigenvalue weighted by Gasteiger charge is -2.31. The summed E-state index contributed by atoms with van der Waals surface area (Å²) in [6.07, 6.45) is 0.749. The number of nitrogens with one attached hydrogen (secondary N) is 1. The van der Waals surface area contributed by atoms with Gasteiger partial charge in [0.2, 0.25) is 11.8 Å². The number of carbonyl (C=O) groups is 3. The molecule has 4 unspecified atom stereocenters. The molecule has 0 aliphatic carbocycles. The van der Waals surface area contributed by atoms with E-state index in [1.54, 1.807) is 48.5 Å². The lowest BCUT2D eigenvalue weighted by molar-refractivity contribution is -0.148. The van der Waals surface area contributed by atoms with Gasteiger partial charge in [0.1, 0.15) is 17.0 Å². The summed E-state index contributed by atoms with van der Waals surface area (Å²) in [5, 5.41) is 23.5. The molecule has 2 aliphatic heterocycles. The monoisotopic (exact) mass is 500 g/mol. The van der Waals surface area contributed by atoms with Gasteiger partial charge in [0, 0.05) is 18.0 Å². The number of carbonyl (C=O) groups excluding carboxylic acids is 2. The van der Waals surface area contributed by atoms with E-state index in [-0.39, 0.29) is 12.2 Å². The maximum Gasteiger partial charge on any atom is 0.325 e. The van der Waals surface area contributed by atoms with Gasteiger partial charge >= 0.3 is 5.97 Å². The zero-order chi connectivity index (χ0) is 26.3. The van der Waals surface area contributed by atoms with Crippen LogP contribution in [0.3, 0.4) is 0 Å². The molecule has 2 aliphatic rings. The molecule has 4 atom stereocenters. The maximum atomic E-state index is 14.0. The van der Waals surface area contributed by atoms with E-state index in [9.17, 15) is 24.6 Å². The smallest absolute Gasteiger partial charge is 0.325 e. The molecule has 5 rings (SSSR count). The molecule has 3 N–H and O–H groups in total. The van der Waals surface area contributed by atoms with Crippen molar-refractivity contribution in [2.75, 3.05) is 12.0 Å². The standard InChI is InChI=1S/C29H28N2O6/c1-3-17-8-12-19(13-9-17)31-26(33)23-24(27(31)34)29(28(35)36,16-18-10-14-20(32)15-11-18)30-25(23)21-6-4-5-7-22(21)37-2/h4-15,23-25,30,32H,3,16H2,1-2H3,(H,35,36). The number of aryl methyl sites for hydroxylation is 1. The summed E-state index contributed by atoms with van der Waals surface area (Å²) in [6.45, 7) is 2.01. The van der Waals surface area contributed by atoms with E-state index in [4.69, 9.17) is 4.74 Å². The number of anilines is 1. The molecule has 2 heterocycles. The number of para-hydroxylation sites is 1. The highest BCUT2D eigenvalue weighted by molar-refractivity contribution is 6.24. The van der Waals surface area contributed by atoms with Crippen LogP contribution in [-0.2, 0) is 27.2 Å². The number of carboxylic acid groups (broad SMARTS) is 1. The molecule has 0 spiro atoms. The molecule has 0 saturated carbocycles. The van der Waals surface area contributed by atoms with Crippen molar-refractivity contribution in [3.63, 3.8) is 0 Å². The predicted molar refractivity (Wildman–Crippen MR) is 136 cm³/mol. The van der Waals surface area contributed by atoms with E-state index in [0.717, 1.165) is 16.9 Å². The molecular formula is C29H28N2O6. The number of fused-ring (bicyclic) bond motifs is 1. The Kier molecular flexibility index (Phi) is 6.21. The second-order valence-electron chi connectivity index (χ2n) is 9.52. The van der Waals surface area contributed by atoms with E-state index in [1.165, 1.54) is 19.2 Å². The summed E-state index contributed by atoms with van der Waals surface area (Å²) in [6, 6.07) is 19.7. The second kappa shape index (κ2) is 9.37. The molecule has 8 heteroatoms. The van der Waals surface area contributed by atoms with Gasteiger partial charge in [-0.2, -0.15) is 0 Å². The fraction of sp³-hybridized carbons (Fsp3) is 0.276. The van der Waals surface area contributed by atoms with E-state index in [2.05, 4.69) is 5.32 Å². The number of aliphatic carboxylic acids is 1. The van der Waals surface area contributed by atoms with Crippen molar-refractivity contribution in [1.29, 1.82) is 0 Å². The number of aromatic hydroxyl groups is 1. The van der Waals surface area contributed by atoms with Crippen LogP contribution in [0.5, 0.6) is 11.5 Å². The molecule has 0 radical (unpaired) electrons. The lowest BCUT2D eigenvalue weighted by atomic mass is 9.76. The third kappa shape index (κ3) is 3.94. The van der Waals surface area contributed by atoms with Gasteiger partial charge in [-0.15, -0.1) is 0 Å². The van der Waals surface area contributed by atoms with Crippen LogP contribution in [0.2, 0.25) is 0 Å². The summed E-state index contributed by atoms with van der Waals surface area (Å²) in [5.74, 6) is -3.80. The van der Waals surface area contributed by atoms with Crippen LogP contribution in [0.4, 0.5) is 5.69 Å². The predicted octanol–water partition coefficient (Wildman–Crippen LogP) is 3.48. The molecular weight excluding hydrogens is 472 g/mol. The van der Waals surface area contributed by atoms with Gasteiger partial charge in [-0.05, 0) is 47.9 Å². The molecule has 2 amide bonds. The zero-order valence-corrected chi connectivity index (χ0v) is 20.5. The Balaban J connectivity index is 1.66. The first-order valence-corrected chi connectivity index (χ1v) is 12.2. The SMILES string of the molecule is CCc1ccc(N2C(=O)C3C(c4ccccc4OC)NC(Cc4ccc(O)cc4)(C(=O)O)C3C2=O)cc1. The summed E-state index contributed by atoms with van der Waals surface area (Å²) < 4.78 is 5.54. The normalized spacial score (nSPS) is 24.8. The Morgan fingerprint density at radius 3 is 2.24 bits per heavy atom. The first-order valence-electron chi connectivity index (χ1n) is 12.2. The first kappa shape index (κ1) is 24.5. The lowest BCUT2D eigenvalue weighted by Crippen LogP contribution is -2.57. The van der Waals surface area contributed by atoms with Crippen molar-refractivity contribution in [2.24, 2.45) is 11.8 Å². The number of rotatable bonds is 7. The molecule has 190 valence electrons. The molecule has 37 heavy (non-hydrogen) atoms. The third-order valence-electron chi connectivity index (χ3n) is 7.53. The summed E-state index contributed by atoms with van der Waals surface area (Å²) in [5.41, 5.74) is 0.933. The highest BCUT2D eigenvalue weighted by Gasteiger charge is 2.68. The summed E-state index contributed by atoms with van der Waals surface area (Å²) in [7, 11) is 1.51. The fourth-order valence-electron chi connectivity index (χ4n) is 5.70. The largest absolute Gasteiger partial charge is 0.508 e. The van der Waals surface area contributed by atoms with Gasteiger partial charge in [-0.1, -0.05) is 49.4 Å². The topological polar surface area (TPSA) is 116 Å². The van der Waals surface area contributed by atoms with Crippen molar-refractivity contribution < 1.29 is 29.3 Å². The minimum absolute atomic E-state index is 0.0473. The van der Waals surface area contributed by atoms with Crippen molar-refractivity contribution in [3.05, 3.63) is 89.5 Å². The number of imide groups is 1. The van der Waals surface area contributed by atoms with Crippen LogP contribution in [0.25, 0.3) is 0 Å². The number of methoxy groups -OCH3 is 1. The van der Waals surface area contributed by atoms with Gasteiger partial charge in [-0.3, -0.25) is 19.7 Å². The molecule has 8 nitrogen and oxygen atoms in total. The number of hydrogen-bond acceptors (Lipinski definition) is 6. The number of phenols is 1. The Bertz CT molecular complexity index is 1350. The number of carboxylic acids is 1. The number of benzene rings is 3. The minimum Gasteiger partial charge on any atom is -0.508 e. The van der Waals surface area contributed by atoms with Crippen molar-refractivity contribution in [2.45, 2.75) is 31.3 Å². The number of hydrogen-bond donors (Lipinski definition) is 3. The van der Waals surface area contributed by atoms with Crippen LogP contribution < -0.4 is 15.0 Å². The summed E-state index contributed by atoms with van der Waals surface area (Å²) in [4.78, 5) is 42.1. The molecule has 2 saturated heterocycles. The fourth-order valence-corrected chi connectivity index (χ4v) is 5.70. The van der Waals surface area contributed by atoms with Gasteiger partial charge < -0.3 is 14.9 Å². The van der Waals surface area contributed by atoms with Gasteiger partial charge in [0.15, 0.2) is 0 Å². The Hall–Kier alpha value is -4.17. The van der Waals surface area contributed by atoms with Crippen molar-refractivity contribution >= 4 is 23.5 Å². The number of nitrogens with zero attached hydrogens (tertiary/aromatic N) is 1. The van der Waals surface area contributed by atoms with Crippen LogP contribution in [0, 0.1) is 11.8 Å². The molecule has 0 bridgehead atoms. The third-order valence-corrected chi connectivity index (χ3v) is 7.53. The van der Waals surface area contributed by atoms with Gasteiger partial charge in [0.05, 0.1) is 24.6 Å². The summed E-state index contributed by atoms with van der Waals surface area (Å²) >= 11 is 0. The Morgan fingerprint density at radius 1 is 0.973 bits per heavy atom. The molecule has 3 aromatic rings. The van der Waals surface area contributed by atoms with Gasteiger partial charge in [0.25, 0.3) is 0 Å². The van der Waals surface area contributed by atoms with Crippen molar-refractivity contribution in [3.8, 4) is 11.5 Å². The zero-order valence-electron chi connectivity index (χ0n) is 20.5. The molecule has 2 fully saturated rings. The number of ether oxygens (including phenoxy) is 1. The van der Waals surface area contributed by atoms with Crippen LogP contribution in [0.1, 0.15) is 29.7 Å². The average Bonchev–Trinajstić information content (AvgIpc) is 3.39. The van der Waals surface area contributed by atoms with Crippen molar-refractivity contribution in [1.82, 2.24) is 5.32 Å². The number of phenolic OH excluding ortho intramolecular Hbond substituents is 1. The average molecular weight is 501 g/mol. The van der Waals surface area contributed by atoms with E-state index in [0.29, 0.717) is 22.6 Å². The van der Waals surface area contributed by atoms with Crippen LogP contribution in [-0.4, -0.2) is 40.6 Å². The van der Waals surface area contributed by atoms with Gasteiger partial charge in [-0.25, -0.2) is 4.90 Å². The van der Waals surface area contributed by atoms with E-state index in [1.807, 2.05) is 19.1 Å². The Labute approximate surface area is 214 Å². The number of amides is 2. The minimum atomic E-state index is -1.77. The highest BCUT2D eigenvalue weighted by Crippen LogP contribution is 2.52. The van der Waals surface area contributed by atoms with Crippen LogP contribution in [0.15, 0.2) is 72.8 Å². The quantitative estimate of drug-likeness (QED) is 0.426. The highest BCUT2D eigenvalue weighted by atomic mass is 16.5. The van der Waals surface area contributed by atoms with Crippen LogP contribution >= 0.6 is 0 Å². The first-order chi connectivity index (χ1) is 17.8. The maximum absolute atomic E-state index is 14.0. The molecule has 0 aromatic heterocycles. The van der Waals surface area contributed by atoms with E-state index >= 15 is 0 Å².